The Bertz CT molecular complexity index is 590. The summed E-state index contributed by atoms with van der Waals surface area (Å²) in [6, 6.07) is 7.94. The number of amides is 1. The van der Waals surface area contributed by atoms with Gasteiger partial charge in [-0.05, 0) is 31.9 Å². The van der Waals surface area contributed by atoms with Crippen molar-refractivity contribution < 1.29 is 9.53 Å². The zero-order chi connectivity index (χ0) is 14.7. The van der Waals surface area contributed by atoms with Gasteiger partial charge in [0, 0.05) is 19.6 Å². The SMILES string of the molecule is C[C@H]1OCCC[C@H]1C(=O)NCCc1nc2ccccc2[nH]1. The highest BCUT2D eigenvalue weighted by molar-refractivity contribution is 5.79. The Hall–Kier alpha value is -1.88. The van der Waals surface area contributed by atoms with Gasteiger partial charge in [0.25, 0.3) is 0 Å². The van der Waals surface area contributed by atoms with Crippen molar-refractivity contribution in [3.8, 4) is 0 Å². The van der Waals surface area contributed by atoms with Crippen LogP contribution in [0.25, 0.3) is 11.0 Å². The fourth-order valence-corrected chi connectivity index (χ4v) is 2.83. The van der Waals surface area contributed by atoms with Crippen molar-refractivity contribution in [2.45, 2.75) is 32.3 Å². The number of carbonyl (C=O) groups is 1. The third-order valence-electron chi connectivity index (χ3n) is 4.04. The lowest BCUT2D eigenvalue weighted by atomic mass is 9.94. The molecule has 2 heterocycles. The molecule has 1 saturated heterocycles. The number of ether oxygens (including phenoxy) is 1. The molecule has 3 rings (SSSR count). The molecule has 0 radical (unpaired) electrons. The molecule has 0 spiro atoms. The van der Waals surface area contributed by atoms with Crippen molar-refractivity contribution >= 4 is 16.9 Å². The van der Waals surface area contributed by atoms with Gasteiger partial charge in [0.2, 0.25) is 5.91 Å². The molecular formula is C16H21N3O2. The molecule has 2 aromatic rings. The smallest absolute Gasteiger partial charge is 0.225 e. The number of hydrogen-bond donors (Lipinski definition) is 2. The van der Waals surface area contributed by atoms with Crippen LogP contribution in [0.5, 0.6) is 0 Å². The van der Waals surface area contributed by atoms with E-state index in [-0.39, 0.29) is 17.9 Å². The highest BCUT2D eigenvalue weighted by Crippen LogP contribution is 2.20. The lowest BCUT2D eigenvalue weighted by molar-refractivity contribution is -0.133. The van der Waals surface area contributed by atoms with Gasteiger partial charge >= 0.3 is 0 Å². The minimum atomic E-state index is -0.0191. The summed E-state index contributed by atoms with van der Waals surface area (Å²) < 4.78 is 5.54. The van der Waals surface area contributed by atoms with Crippen LogP contribution in [0.4, 0.5) is 0 Å². The van der Waals surface area contributed by atoms with E-state index in [1.165, 1.54) is 0 Å². The van der Waals surface area contributed by atoms with E-state index in [1.54, 1.807) is 0 Å². The lowest BCUT2D eigenvalue weighted by Gasteiger charge is -2.27. The van der Waals surface area contributed by atoms with E-state index in [1.807, 2.05) is 31.2 Å². The molecule has 0 saturated carbocycles. The normalized spacial score (nSPS) is 22.3. The number of para-hydroxylation sites is 2. The molecule has 0 unspecified atom stereocenters. The van der Waals surface area contributed by atoms with E-state index in [4.69, 9.17) is 4.74 Å². The highest BCUT2D eigenvalue weighted by atomic mass is 16.5. The molecule has 1 aliphatic heterocycles. The average molecular weight is 287 g/mol. The molecule has 1 amide bonds. The van der Waals surface area contributed by atoms with Gasteiger partial charge in [0.15, 0.2) is 0 Å². The van der Waals surface area contributed by atoms with E-state index in [0.717, 1.165) is 36.3 Å². The summed E-state index contributed by atoms with van der Waals surface area (Å²) in [5.74, 6) is 0.983. The van der Waals surface area contributed by atoms with Gasteiger partial charge in [-0.25, -0.2) is 4.98 Å². The standard InChI is InChI=1S/C16H21N3O2/c1-11-12(5-4-10-21-11)16(20)17-9-8-15-18-13-6-2-3-7-14(13)19-15/h2-3,6-7,11-12H,4-5,8-10H2,1H3,(H,17,20)(H,18,19)/t11-,12-/m1/s1. The van der Waals surface area contributed by atoms with Gasteiger partial charge in [-0.3, -0.25) is 4.79 Å². The van der Waals surface area contributed by atoms with E-state index >= 15 is 0 Å². The van der Waals surface area contributed by atoms with Crippen LogP contribution in [0.2, 0.25) is 0 Å². The highest BCUT2D eigenvalue weighted by Gasteiger charge is 2.28. The quantitative estimate of drug-likeness (QED) is 0.904. The van der Waals surface area contributed by atoms with E-state index < -0.39 is 0 Å². The number of hydrogen-bond acceptors (Lipinski definition) is 3. The Morgan fingerprint density at radius 3 is 3.14 bits per heavy atom. The summed E-state index contributed by atoms with van der Waals surface area (Å²) in [5, 5.41) is 3.00. The van der Waals surface area contributed by atoms with Crippen LogP contribution < -0.4 is 5.32 Å². The van der Waals surface area contributed by atoms with Crippen molar-refractivity contribution in [1.82, 2.24) is 15.3 Å². The minimum Gasteiger partial charge on any atom is -0.378 e. The first-order valence-electron chi connectivity index (χ1n) is 7.57. The number of aromatic amines is 1. The third kappa shape index (κ3) is 3.24. The topological polar surface area (TPSA) is 67.0 Å². The predicted molar refractivity (Wildman–Crippen MR) is 80.9 cm³/mol. The van der Waals surface area contributed by atoms with Crippen LogP contribution in [0.1, 0.15) is 25.6 Å². The molecule has 112 valence electrons. The first-order valence-corrected chi connectivity index (χ1v) is 7.57. The van der Waals surface area contributed by atoms with E-state index in [9.17, 15) is 4.79 Å². The number of aromatic nitrogens is 2. The fraction of sp³-hybridized carbons (Fsp3) is 0.500. The molecule has 5 nitrogen and oxygen atoms in total. The number of imidazole rings is 1. The first kappa shape index (κ1) is 14.1. The van der Waals surface area contributed by atoms with Crippen LogP contribution in [0.15, 0.2) is 24.3 Å². The van der Waals surface area contributed by atoms with E-state index in [0.29, 0.717) is 13.0 Å². The fourth-order valence-electron chi connectivity index (χ4n) is 2.83. The molecule has 0 aliphatic carbocycles. The van der Waals surface area contributed by atoms with Gasteiger partial charge < -0.3 is 15.0 Å². The summed E-state index contributed by atoms with van der Waals surface area (Å²) in [7, 11) is 0. The van der Waals surface area contributed by atoms with Crippen molar-refractivity contribution in [2.24, 2.45) is 5.92 Å². The molecular weight excluding hydrogens is 266 g/mol. The zero-order valence-electron chi connectivity index (χ0n) is 12.3. The second-order valence-electron chi connectivity index (χ2n) is 5.57. The molecule has 2 atom stereocenters. The Labute approximate surface area is 124 Å². The monoisotopic (exact) mass is 287 g/mol. The molecule has 1 fully saturated rings. The lowest BCUT2D eigenvalue weighted by Crippen LogP contribution is -2.40. The summed E-state index contributed by atoms with van der Waals surface area (Å²) >= 11 is 0. The van der Waals surface area contributed by atoms with Crippen LogP contribution in [0, 0.1) is 5.92 Å². The van der Waals surface area contributed by atoms with Gasteiger partial charge in [0.05, 0.1) is 23.1 Å². The van der Waals surface area contributed by atoms with Crippen molar-refractivity contribution in [2.75, 3.05) is 13.2 Å². The van der Waals surface area contributed by atoms with Crippen molar-refractivity contribution in [3.05, 3.63) is 30.1 Å². The largest absolute Gasteiger partial charge is 0.378 e. The maximum absolute atomic E-state index is 12.1. The zero-order valence-corrected chi connectivity index (χ0v) is 12.3. The minimum absolute atomic E-state index is 0.0185. The first-order chi connectivity index (χ1) is 10.2. The Kier molecular flexibility index (Phi) is 4.20. The summed E-state index contributed by atoms with van der Waals surface area (Å²) in [6.45, 7) is 3.34. The van der Waals surface area contributed by atoms with E-state index in [2.05, 4.69) is 15.3 Å². The maximum atomic E-state index is 12.1. The molecule has 21 heavy (non-hydrogen) atoms. The third-order valence-corrected chi connectivity index (χ3v) is 4.04. The number of nitrogens with zero attached hydrogens (tertiary/aromatic N) is 1. The Morgan fingerprint density at radius 2 is 2.33 bits per heavy atom. The molecule has 2 N–H and O–H groups in total. The van der Waals surface area contributed by atoms with Gasteiger partial charge in [-0.1, -0.05) is 12.1 Å². The number of carbonyl (C=O) groups excluding carboxylic acids is 1. The number of benzene rings is 1. The predicted octanol–water partition coefficient (Wildman–Crippen LogP) is 2.04. The second kappa shape index (κ2) is 6.26. The number of H-pyrrole nitrogens is 1. The van der Waals surface area contributed by atoms with Gasteiger partial charge in [0.1, 0.15) is 5.82 Å². The summed E-state index contributed by atoms with van der Waals surface area (Å²) in [4.78, 5) is 19.9. The molecule has 1 aromatic carbocycles. The van der Waals surface area contributed by atoms with Crippen LogP contribution in [0.3, 0.4) is 0 Å². The Morgan fingerprint density at radius 1 is 1.48 bits per heavy atom. The van der Waals surface area contributed by atoms with Crippen molar-refractivity contribution in [1.29, 1.82) is 0 Å². The number of nitrogens with one attached hydrogen (secondary N) is 2. The van der Waals surface area contributed by atoms with Crippen LogP contribution >= 0.6 is 0 Å². The van der Waals surface area contributed by atoms with Crippen LogP contribution in [-0.2, 0) is 16.0 Å². The van der Waals surface area contributed by atoms with Gasteiger partial charge in [-0.15, -0.1) is 0 Å². The molecule has 5 heteroatoms. The molecule has 1 aromatic heterocycles. The summed E-state index contributed by atoms with van der Waals surface area (Å²) in [5.41, 5.74) is 2.00. The van der Waals surface area contributed by atoms with Gasteiger partial charge in [-0.2, -0.15) is 0 Å². The second-order valence-corrected chi connectivity index (χ2v) is 5.57. The maximum Gasteiger partial charge on any atom is 0.225 e. The average Bonchev–Trinajstić information content (AvgIpc) is 2.90. The Balaban J connectivity index is 1.52. The summed E-state index contributed by atoms with van der Waals surface area (Å²) in [6.07, 6.45) is 2.61. The number of fused-ring (bicyclic) bond motifs is 1. The number of rotatable bonds is 4. The van der Waals surface area contributed by atoms with Crippen LogP contribution in [-0.4, -0.2) is 35.1 Å². The molecule has 0 bridgehead atoms. The van der Waals surface area contributed by atoms with Crippen molar-refractivity contribution in [3.63, 3.8) is 0 Å². The molecule has 1 aliphatic rings.